The molecule has 0 aliphatic carbocycles. The summed E-state index contributed by atoms with van der Waals surface area (Å²) in [5.41, 5.74) is 1.77. The lowest BCUT2D eigenvalue weighted by molar-refractivity contribution is -0.139. The summed E-state index contributed by atoms with van der Waals surface area (Å²) in [5, 5.41) is 3.20. The maximum atomic E-state index is 13.9. The van der Waals surface area contributed by atoms with Crippen molar-refractivity contribution in [3.8, 4) is 5.75 Å². The summed E-state index contributed by atoms with van der Waals surface area (Å²) >= 11 is 6.35. The summed E-state index contributed by atoms with van der Waals surface area (Å²) in [4.78, 5) is 28.2. The van der Waals surface area contributed by atoms with Crippen molar-refractivity contribution in [1.82, 2.24) is 10.2 Å². The Labute approximate surface area is 235 Å². The van der Waals surface area contributed by atoms with Crippen molar-refractivity contribution < 1.29 is 22.7 Å². The minimum atomic E-state index is -4.14. The van der Waals surface area contributed by atoms with E-state index in [-0.39, 0.29) is 23.0 Å². The number of amides is 2. The number of sulfonamides is 1. The van der Waals surface area contributed by atoms with Gasteiger partial charge >= 0.3 is 0 Å². The highest BCUT2D eigenvalue weighted by molar-refractivity contribution is 7.92. The Bertz CT molecular complexity index is 1380. The van der Waals surface area contributed by atoms with E-state index < -0.39 is 28.5 Å². The minimum absolute atomic E-state index is 0.0324. The van der Waals surface area contributed by atoms with Gasteiger partial charge in [-0.1, -0.05) is 54.9 Å². The number of nitrogens with one attached hydrogen (secondary N) is 1. The Balaban J connectivity index is 2.02. The van der Waals surface area contributed by atoms with E-state index in [1.807, 2.05) is 6.92 Å². The summed E-state index contributed by atoms with van der Waals surface area (Å²) in [6.07, 6.45) is 0.738. The molecule has 0 fully saturated rings. The number of aryl methyl sites for hydroxylation is 1. The first-order chi connectivity index (χ1) is 18.6. The van der Waals surface area contributed by atoms with Gasteiger partial charge in [-0.2, -0.15) is 0 Å². The monoisotopic (exact) mass is 571 g/mol. The Morgan fingerprint density at radius 2 is 1.69 bits per heavy atom. The molecule has 0 aliphatic heterocycles. The van der Waals surface area contributed by atoms with Gasteiger partial charge in [-0.3, -0.25) is 13.9 Å². The normalized spacial score (nSPS) is 11.9. The third-order valence-corrected chi connectivity index (χ3v) is 8.48. The van der Waals surface area contributed by atoms with Crippen molar-refractivity contribution >= 4 is 39.1 Å². The van der Waals surface area contributed by atoms with E-state index >= 15 is 0 Å². The van der Waals surface area contributed by atoms with Crippen LogP contribution in [-0.4, -0.2) is 51.4 Å². The Kier molecular flexibility index (Phi) is 10.4. The van der Waals surface area contributed by atoms with E-state index in [0.717, 1.165) is 21.9 Å². The van der Waals surface area contributed by atoms with Crippen molar-refractivity contribution in [2.24, 2.45) is 0 Å². The van der Waals surface area contributed by atoms with E-state index in [4.69, 9.17) is 16.3 Å². The van der Waals surface area contributed by atoms with Crippen LogP contribution in [0.1, 0.15) is 31.4 Å². The highest BCUT2D eigenvalue weighted by atomic mass is 35.5. The molecule has 0 spiro atoms. The second-order valence-electron chi connectivity index (χ2n) is 9.09. The first kappa shape index (κ1) is 30.0. The first-order valence-electron chi connectivity index (χ1n) is 12.6. The van der Waals surface area contributed by atoms with Gasteiger partial charge in [0.15, 0.2) is 0 Å². The molecule has 0 bridgehead atoms. The summed E-state index contributed by atoms with van der Waals surface area (Å²) in [5.74, 6) is -0.211. The second-order valence-corrected chi connectivity index (χ2v) is 11.4. The Morgan fingerprint density at radius 1 is 1.03 bits per heavy atom. The van der Waals surface area contributed by atoms with Crippen LogP contribution in [0.15, 0.2) is 77.7 Å². The first-order valence-corrected chi connectivity index (χ1v) is 14.4. The van der Waals surface area contributed by atoms with Gasteiger partial charge in [0.25, 0.3) is 10.0 Å². The lowest BCUT2D eigenvalue weighted by Crippen LogP contribution is -2.51. The van der Waals surface area contributed by atoms with Gasteiger partial charge in [-0.05, 0) is 67.8 Å². The number of halogens is 1. The lowest BCUT2D eigenvalue weighted by Gasteiger charge is -2.32. The van der Waals surface area contributed by atoms with Crippen molar-refractivity contribution in [1.29, 1.82) is 0 Å². The smallest absolute Gasteiger partial charge is 0.264 e. The molecular formula is C29H34ClN3O5S. The number of rotatable bonds is 12. The number of nitrogens with zero attached hydrogens (tertiary/aromatic N) is 2. The molecule has 3 aromatic rings. The fraction of sp³-hybridized carbons (Fsp3) is 0.310. The van der Waals surface area contributed by atoms with Crippen LogP contribution in [0.25, 0.3) is 0 Å². The number of anilines is 1. The molecule has 1 atom stereocenters. The topological polar surface area (TPSA) is 96.0 Å². The van der Waals surface area contributed by atoms with E-state index in [0.29, 0.717) is 17.3 Å². The summed E-state index contributed by atoms with van der Waals surface area (Å²) in [6, 6.07) is 19.0. The fourth-order valence-electron chi connectivity index (χ4n) is 3.89. The molecule has 0 heterocycles. The van der Waals surface area contributed by atoms with Crippen LogP contribution < -0.4 is 14.4 Å². The molecule has 0 radical (unpaired) electrons. The molecule has 3 aromatic carbocycles. The highest BCUT2D eigenvalue weighted by Crippen LogP contribution is 2.28. The van der Waals surface area contributed by atoms with Crippen LogP contribution in [0.3, 0.4) is 0 Å². The van der Waals surface area contributed by atoms with E-state index in [1.54, 1.807) is 75.6 Å². The number of benzene rings is 3. The Morgan fingerprint density at radius 3 is 2.28 bits per heavy atom. The summed E-state index contributed by atoms with van der Waals surface area (Å²) in [6.45, 7) is 5.40. The van der Waals surface area contributed by atoms with Crippen LogP contribution in [0.2, 0.25) is 5.02 Å². The molecule has 208 valence electrons. The molecule has 0 saturated carbocycles. The molecule has 1 N–H and O–H groups in total. The third-order valence-electron chi connectivity index (χ3n) is 6.28. The fourth-order valence-corrected chi connectivity index (χ4v) is 5.49. The van der Waals surface area contributed by atoms with E-state index in [1.165, 1.54) is 23.1 Å². The van der Waals surface area contributed by atoms with Gasteiger partial charge in [0.1, 0.15) is 18.3 Å². The number of carbonyl (C=O) groups is 2. The summed E-state index contributed by atoms with van der Waals surface area (Å²) in [7, 11) is -2.58. The minimum Gasteiger partial charge on any atom is -0.497 e. The number of hydrogen-bond acceptors (Lipinski definition) is 5. The Hall–Kier alpha value is -3.56. The largest absolute Gasteiger partial charge is 0.497 e. The average molecular weight is 572 g/mol. The van der Waals surface area contributed by atoms with Gasteiger partial charge in [0.05, 0.1) is 17.7 Å². The maximum Gasteiger partial charge on any atom is 0.264 e. The highest BCUT2D eigenvalue weighted by Gasteiger charge is 2.32. The van der Waals surface area contributed by atoms with Crippen LogP contribution in [-0.2, 0) is 26.2 Å². The molecule has 0 aliphatic rings. The SMILES string of the molecule is CCCNC(=O)[C@@H](C)N(Cc1ccc(OC)cc1)C(=O)CN(c1ccc(C)c(Cl)c1)S(=O)(=O)c1ccccc1. The lowest BCUT2D eigenvalue weighted by atomic mass is 10.1. The molecule has 39 heavy (non-hydrogen) atoms. The molecular weight excluding hydrogens is 538 g/mol. The van der Waals surface area contributed by atoms with Gasteiger partial charge in [0.2, 0.25) is 11.8 Å². The van der Waals surface area contributed by atoms with Crippen LogP contribution >= 0.6 is 11.6 Å². The third kappa shape index (κ3) is 7.52. The van der Waals surface area contributed by atoms with Crippen molar-refractivity contribution in [2.45, 2.75) is 44.7 Å². The maximum absolute atomic E-state index is 13.9. The molecule has 2 amide bonds. The molecule has 10 heteroatoms. The zero-order valence-corrected chi connectivity index (χ0v) is 24.1. The average Bonchev–Trinajstić information content (AvgIpc) is 2.95. The standard InChI is InChI=1S/C29H34ClN3O5S/c1-5-17-31-29(35)22(3)32(19-23-12-15-25(38-4)16-13-23)28(34)20-33(24-14-11-21(2)27(30)18-24)39(36,37)26-9-7-6-8-10-26/h6-16,18,22H,5,17,19-20H2,1-4H3,(H,31,35)/t22-/m1/s1. The van der Waals surface area contributed by atoms with Crippen molar-refractivity contribution in [3.63, 3.8) is 0 Å². The molecule has 3 rings (SSSR count). The quantitative estimate of drug-likeness (QED) is 0.337. The number of ether oxygens (including phenoxy) is 1. The number of hydrogen-bond donors (Lipinski definition) is 1. The second kappa shape index (κ2) is 13.5. The number of methoxy groups -OCH3 is 1. The molecule has 0 saturated heterocycles. The van der Waals surface area contributed by atoms with Gasteiger partial charge in [-0.25, -0.2) is 8.42 Å². The number of carbonyl (C=O) groups excluding carboxylic acids is 2. The van der Waals surface area contributed by atoms with Crippen LogP contribution in [0, 0.1) is 6.92 Å². The van der Waals surface area contributed by atoms with Gasteiger partial charge < -0.3 is 15.0 Å². The van der Waals surface area contributed by atoms with Crippen molar-refractivity contribution in [2.75, 3.05) is 24.5 Å². The predicted molar refractivity (Wildman–Crippen MR) is 153 cm³/mol. The van der Waals surface area contributed by atoms with Crippen LogP contribution in [0.5, 0.6) is 5.75 Å². The predicted octanol–water partition coefficient (Wildman–Crippen LogP) is 4.80. The zero-order valence-electron chi connectivity index (χ0n) is 22.6. The molecule has 0 unspecified atom stereocenters. The zero-order chi connectivity index (χ0) is 28.6. The van der Waals surface area contributed by atoms with Crippen molar-refractivity contribution in [3.05, 3.63) is 88.9 Å². The summed E-state index contributed by atoms with van der Waals surface area (Å²) < 4.78 is 33.8. The van der Waals surface area contributed by atoms with Gasteiger partial charge in [-0.15, -0.1) is 0 Å². The van der Waals surface area contributed by atoms with Gasteiger partial charge in [0, 0.05) is 18.1 Å². The van der Waals surface area contributed by atoms with Crippen LogP contribution in [0.4, 0.5) is 5.69 Å². The molecule has 0 aromatic heterocycles. The molecule has 8 nitrogen and oxygen atoms in total. The van der Waals surface area contributed by atoms with E-state index in [2.05, 4.69) is 5.32 Å². The van der Waals surface area contributed by atoms with E-state index in [9.17, 15) is 18.0 Å².